The first-order valence-electron chi connectivity index (χ1n) is 2.92. The lowest BCUT2D eigenvalue weighted by Crippen LogP contribution is -1.95. The quantitative estimate of drug-likeness (QED) is 0.353. The molecule has 0 spiro atoms. The smallest absolute Gasteiger partial charge is 0.171 e. The average molecular weight is 157 g/mol. The molecule has 0 atom stereocenters. The second kappa shape index (κ2) is 1.95. The van der Waals surface area contributed by atoms with Crippen molar-refractivity contribution in [2.75, 3.05) is 0 Å². The lowest BCUT2D eigenvalue weighted by Gasteiger charge is -1.94. The SMILES string of the molecule is ClC1(c2ccccc2)OO1. The minimum Gasteiger partial charge on any atom is -0.171 e. The van der Waals surface area contributed by atoms with E-state index in [0.717, 1.165) is 5.56 Å². The number of halogens is 1. The maximum Gasteiger partial charge on any atom is 0.333 e. The molecule has 0 saturated carbocycles. The maximum absolute atomic E-state index is 5.73. The molecule has 0 N–H and O–H groups in total. The highest BCUT2D eigenvalue weighted by Gasteiger charge is 2.48. The van der Waals surface area contributed by atoms with E-state index in [0.29, 0.717) is 0 Å². The maximum atomic E-state index is 5.73. The van der Waals surface area contributed by atoms with E-state index in [1.807, 2.05) is 30.3 Å². The molecule has 0 unspecified atom stereocenters. The van der Waals surface area contributed by atoms with E-state index in [-0.39, 0.29) is 0 Å². The predicted molar refractivity (Wildman–Crippen MR) is 36.1 cm³/mol. The van der Waals surface area contributed by atoms with E-state index in [4.69, 9.17) is 11.6 Å². The van der Waals surface area contributed by atoms with Crippen molar-refractivity contribution in [2.24, 2.45) is 0 Å². The largest absolute Gasteiger partial charge is 0.333 e. The van der Waals surface area contributed by atoms with Gasteiger partial charge in [0.05, 0.1) is 0 Å². The van der Waals surface area contributed by atoms with Crippen molar-refractivity contribution >= 4 is 11.6 Å². The Labute approximate surface area is 63.3 Å². The molecular weight excluding hydrogens is 152 g/mol. The zero-order valence-electron chi connectivity index (χ0n) is 5.08. The van der Waals surface area contributed by atoms with E-state index in [1.54, 1.807) is 0 Å². The van der Waals surface area contributed by atoms with Gasteiger partial charge >= 0.3 is 5.25 Å². The number of alkyl halides is 1. The molecular formula is C7H5ClO2. The first-order valence-corrected chi connectivity index (χ1v) is 3.30. The van der Waals surface area contributed by atoms with Crippen molar-refractivity contribution in [1.82, 2.24) is 0 Å². The van der Waals surface area contributed by atoms with E-state index in [9.17, 15) is 0 Å². The zero-order valence-corrected chi connectivity index (χ0v) is 5.84. The second-order valence-electron chi connectivity index (χ2n) is 2.07. The normalized spacial score (nSPS) is 20.5. The summed E-state index contributed by atoms with van der Waals surface area (Å²) in [4.78, 5) is 9.09. The molecule has 2 rings (SSSR count). The Morgan fingerprint density at radius 2 is 1.70 bits per heavy atom. The van der Waals surface area contributed by atoms with E-state index >= 15 is 0 Å². The molecule has 1 fully saturated rings. The van der Waals surface area contributed by atoms with Crippen LogP contribution in [-0.4, -0.2) is 0 Å². The summed E-state index contributed by atoms with van der Waals surface area (Å²) in [5.74, 6) is 0. The summed E-state index contributed by atoms with van der Waals surface area (Å²) >= 11 is 5.73. The van der Waals surface area contributed by atoms with Gasteiger partial charge in [0.15, 0.2) is 0 Å². The first-order chi connectivity index (χ1) is 4.81. The molecule has 0 aliphatic carbocycles. The molecule has 1 aliphatic rings. The summed E-state index contributed by atoms with van der Waals surface area (Å²) in [7, 11) is 0. The molecule has 2 nitrogen and oxygen atoms in total. The van der Waals surface area contributed by atoms with Crippen LogP contribution in [0.3, 0.4) is 0 Å². The number of hydrogen-bond donors (Lipinski definition) is 0. The van der Waals surface area contributed by atoms with Crippen LogP contribution in [0.4, 0.5) is 0 Å². The van der Waals surface area contributed by atoms with Gasteiger partial charge in [0.2, 0.25) is 0 Å². The molecule has 1 saturated heterocycles. The zero-order chi connectivity index (χ0) is 7.03. The van der Waals surface area contributed by atoms with Crippen LogP contribution in [0.2, 0.25) is 0 Å². The summed E-state index contributed by atoms with van der Waals surface area (Å²) in [6.07, 6.45) is 0. The van der Waals surface area contributed by atoms with Gasteiger partial charge in [0, 0.05) is 5.56 Å². The molecule has 52 valence electrons. The second-order valence-corrected chi connectivity index (χ2v) is 2.57. The standard InChI is InChI=1S/C7H5ClO2/c8-7(9-10-7)6-4-2-1-3-5-6/h1-5H. The van der Waals surface area contributed by atoms with Crippen molar-refractivity contribution in [1.29, 1.82) is 0 Å². The Hall–Kier alpha value is -0.570. The predicted octanol–water partition coefficient (Wildman–Crippen LogP) is 2.00. The Balaban J connectivity index is 2.35. The van der Waals surface area contributed by atoms with Crippen LogP contribution >= 0.6 is 11.6 Å². The summed E-state index contributed by atoms with van der Waals surface area (Å²) < 4.78 is 0. The lowest BCUT2D eigenvalue weighted by atomic mass is 10.2. The number of hydrogen-bond acceptors (Lipinski definition) is 2. The van der Waals surface area contributed by atoms with Gasteiger partial charge in [0.25, 0.3) is 0 Å². The third-order valence-electron chi connectivity index (χ3n) is 1.35. The van der Waals surface area contributed by atoms with Crippen LogP contribution < -0.4 is 0 Å². The monoisotopic (exact) mass is 156 g/mol. The lowest BCUT2D eigenvalue weighted by molar-refractivity contribution is 0.0850. The van der Waals surface area contributed by atoms with Gasteiger partial charge in [-0.05, 0) is 11.6 Å². The molecule has 1 aromatic carbocycles. The molecule has 10 heavy (non-hydrogen) atoms. The van der Waals surface area contributed by atoms with Gasteiger partial charge in [-0.1, -0.05) is 30.3 Å². The minimum atomic E-state index is -0.985. The molecule has 1 aliphatic heterocycles. The minimum absolute atomic E-state index is 0.830. The molecule has 1 aromatic rings. The topological polar surface area (TPSA) is 25.1 Å². The van der Waals surface area contributed by atoms with E-state index in [1.165, 1.54) is 0 Å². The molecule has 1 heterocycles. The van der Waals surface area contributed by atoms with Gasteiger partial charge in [-0.2, -0.15) is 9.78 Å². The summed E-state index contributed by atoms with van der Waals surface area (Å²) in [5.41, 5.74) is 0.830. The van der Waals surface area contributed by atoms with Crippen LogP contribution in [0.15, 0.2) is 30.3 Å². The fourth-order valence-electron chi connectivity index (χ4n) is 0.770. The van der Waals surface area contributed by atoms with E-state index in [2.05, 4.69) is 9.78 Å². The fraction of sp³-hybridized carbons (Fsp3) is 0.143. The third kappa shape index (κ3) is 0.904. The first kappa shape index (κ1) is 6.16. The van der Waals surface area contributed by atoms with Gasteiger partial charge in [-0.3, -0.25) is 0 Å². The number of benzene rings is 1. The van der Waals surface area contributed by atoms with Crippen LogP contribution in [-0.2, 0) is 15.0 Å². The summed E-state index contributed by atoms with van der Waals surface area (Å²) in [5, 5.41) is -0.985. The van der Waals surface area contributed by atoms with Gasteiger partial charge < -0.3 is 0 Å². The van der Waals surface area contributed by atoms with Crippen molar-refractivity contribution in [3.63, 3.8) is 0 Å². The Morgan fingerprint density at radius 3 is 2.20 bits per heavy atom. The van der Waals surface area contributed by atoms with E-state index < -0.39 is 5.25 Å². The summed E-state index contributed by atoms with van der Waals surface area (Å²) in [6, 6.07) is 9.36. The molecule has 0 radical (unpaired) electrons. The molecule has 0 aromatic heterocycles. The van der Waals surface area contributed by atoms with Gasteiger partial charge in [-0.15, -0.1) is 0 Å². The average Bonchev–Trinajstić information content (AvgIpc) is 2.72. The Bertz CT molecular complexity index is 231. The molecule has 3 heteroatoms. The molecule has 0 amide bonds. The van der Waals surface area contributed by atoms with Crippen LogP contribution in [0, 0.1) is 0 Å². The van der Waals surface area contributed by atoms with Crippen molar-refractivity contribution in [3.05, 3.63) is 35.9 Å². The number of rotatable bonds is 1. The van der Waals surface area contributed by atoms with Crippen molar-refractivity contribution in [2.45, 2.75) is 5.25 Å². The van der Waals surface area contributed by atoms with Crippen LogP contribution in [0.25, 0.3) is 0 Å². The Morgan fingerprint density at radius 1 is 1.10 bits per heavy atom. The Kier molecular flexibility index (Phi) is 1.20. The highest BCUT2D eigenvalue weighted by atomic mass is 35.5. The van der Waals surface area contributed by atoms with Crippen LogP contribution in [0.5, 0.6) is 0 Å². The fourth-order valence-corrected chi connectivity index (χ4v) is 0.928. The highest BCUT2D eigenvalue weighted by molar-refractivity contribution is 6.22. The van der Waals surface area contributed by atoms with Gasteiger partial charge in [0.1, 0.15) is 0 Å². The summed E-state index contributed by atoms with van der Waals surface area (Å²) in [6.45, 7) is 0. The van der Waals surface area contributed by atoms with Crippen LogP contribution in [0.1, 0.15) is 5.56 Å². The van der Waals surface area contributed by atoms with Crippen molar-refractivity contribution < 1.29 is 9.78 Å². The highest BCUT2D eigenvalue weighted by Crippen LogP contribution is 2.44. The third-order valence-corrected chi connectivity index (χ3v) is 1.69. The van der Waals surface area contributed by atoms with Gasteiger partial charge in [-0.25, -0.2) is 0 Å². The van der Waals surface area contributed by atoms with Crippen molar-refractivity contribution in [3.8, 4) is 0 Å². The molecule has 0 bridgehead atoms.